The summed E-state index contributed by atoms with van der Waals surface area (Å²) in [6.45, 7) is 5.97. The fraction of sp³-hybridized carbons (Fsp3) is 0.350. The van der Waals surface area contributed by atoms with E-state index in [4.69, 9.17) is 16.3 Å². The first-order valence-corrected chi connectivity index (χ1v) is 8.83. The Hall–Kier alpha value is -2.00. The third-order valence-electron chi connectivity index (χ3n) is 4.95. The van der Waals surface area contributed by atoms with Crippen molar-refractivity contribution in [2.45, 2.75) is 39.8 Å². The molecule has 1 fully saturated rings. The highest BCUT2D eigenvalue weighted by atomic mass is 35.5. The first-order chi connectivity index (χ1) is 11.6. The monoisotopic (exact) mass is 340 g/mol. The van der Waals surface area contributed by atoms with Crippen LogP contribution < -0.4 is 4.74 Å². The number of rotatable bonds is 5. The van der Waals surface area contributed by atoms with E-state index in [-0.39, 0.29) is 0 Å². The van der Waals surface area contributed by atoms with Crippen LogP contribution in [-0.2, 0) is 13.2 Å². The summed E-state index contributed by atoms with van der Waals surface area (Å²) in [4.78, 5) is 4.61. The molecule has 1 aliphatic carbocycles. The van der Waals surface area contributed by atoms with Crippen molar-refractivity contribution >= 4 is 22.5 Å². The molecule has 0 radical (unpaired) electrons. The van der Waals surface area contributed by atoms with Crippen molar-refractivity contribution in [2.75, 3.05) is 0 Å². The highest BCUT2D eigenvalue weighted by Crippen LogP contribution is 2.35. The third kappa shape index (κ3) is 2.89. The average molecular weight is 341 g/mol. The highest BCUT2D eigenvalue weighted by molar-refractivity contribution is 6.30. The number of halogens is 1. The quantitative estimate of drug-likeness (QED) is 0.630. The number of aryl methyl sites for hydroxylation is 1. The molecular formula is C20H21ClN2O. The van der Waals surface area contributed by atoms with E-state index in [1.165, 1.54) is 35.0 Å². The molecule has 24 heavy (non-hydrogen) atoms. The lowest BCUT2D eigenvalue weighted by molar-refractivity contribution is 0.302. The van der Waals surface area contributed by atoms with Crippen molar-refractivity contribution in [2.24, 2.45) is 5.92 Å². The van der Waals surface area contributed by atoms with Gasteiger partial charge >= 0.3 is 0 Å². The Morgan fingerprint density at radius 3 is 2.62 bits per heavy atom. The van der Waals surface area contributed by atoms with Crippen molar-refractivity contribution < 1.29 is 4.74 Å². The molecule has 0 unspecified atom stereocenters. The van der Waals surface area contributed by atoms with Gasteiger partial charge in [-0.25, -0.2) is 0 Å². The molecule has 0 N–H and O–H groups in total. The van der Waals surface area contributed by atoms with Gasteiger partial charge in [-0.05, 0) is 68.5 Å². The SMILES string of the molecule is Cc1c(C)n(CC2CC2)c2c(COc3ccc(Cl)cc3)nccc12. The van der Waals surface area contributed by atoms with E-state index in [1.54, 1.807) is 0 Å². The minimum atomic E-state index is 0.465. The predicted molar refractivity (Wildman–Crippen MR) is 97.7 cm³/mol. The molecule has 2 heterocycles. The van der Waals surface area contributed by atoms with Crippen LogP contribution in [0.2, 0.25) is 5.02 Å². The number of nitrogens with zero attached hydrogens (tertiary/aromatic N) is 2. The van der Waals surface area contributed by atoms with Crippen LogP contribution in [0, 0.1) is 19.8 Å². The number of benzene rings is 1. The molecule has 0 saturated heterocycles. The van der Waals surface area contributed by atoms with Crippen LogP contribution in [0.1, 0.15) is 29.8 Å². The lowest BCUT2D eigenvalue weighted by Crippen LogP contribution is -2.06. The molecule has 4 heteroatoms. The van der Waals surface area contributed by atoms with Crippen LogP contribution in [0.5, 0.6) is 5.75 Å². The van der Waals surface area contributed by atoms with Crippen LogP contribution >= 0.6 is 11.6 Å². The topological polar surface area (TPSA) is 27.1 Å². The number of hydrogen-bond acceptors (Lipinski definition) is 2. The van der Waals surface area contributed by atoms with Crippen LogP contribution in [0.4, 0.5) is 0 Å². The van der Waals surface area contributed by atoms with Gasteiger partial charge in [0.2, 0.25) is 0 Å². The molecule has 0 aliphatic heterocycles. The Balaban J connectivity index is 1.69. The molecular weight excluding hydrogens is 320 g/mol. The van der Waals surface area contributed by atoms with E-state index in [9.17, 15) is 0 Å². The van der Waals surface area contributed by atoms with Gasteiger partial charge in [0.1, 0.15) is 18.1 Å². The molecule has 4 rings (SSSR count). The van der Waals surface area contributed by atoms with Crippen molar-refractivity contribution in [1.82, 2.24) is 9.55 Å². The van der Waals surface area contributed by atoms with Crippen molar-refractivity contribution in [1.29, 1.82) is 0 Å². The van der Waals surface area contributed by atoms with Gasteiger partial charge < -0.3 is 9.30 Å². The van der Waals surface area contributed by atoms with E-state index < -0.39 is 0 Å². The number of pyridine rings is 1. The first kappa shape index (κ1) is 15.5. The molecule has 124 valence electrons. The molecule has 3 nitrogen and oxygen atoms in total. The number of hydrogen-bond donors (Lipinski definition) is 0. The van der Waals surface area contributed by atoms with Crippen LogP contribution in [0.3, 0.4) is 0 Å². The maximum absolute atomic E-state index is 5.95. The average Bonchev–Trinajstić information content (AvgIpc) is 3.38. The predicted octanol–water partition coefficient (Wildman–Crippen LogP) is 5.30. The molecule has 2 aromatic heterocycles. The Kier molecular flexibility index (Phi) is 3.97. The summed E-state index contributed by atoms with van der Waals surface area (Å²) in [5.74, 6) is 1.64. The molecule has 3 aromatic rings. The third-order valence-corrected chi connectivity index (χ3v) is 5.20. The summed E-state index contributed by atoms with van der Waals surface area (Å²) in [5, 5.41) is 2.00. The number of ether oxygens (including phenoxy) is 1. The summed E-state index contributed by atoms with van der Waals surface area (Å²) < 4.78 is 8.39. The van der Waals surface area contributed by atoms with Crippen molar-refractivity contribution in [3.05, 3.63) is 58.5 Å². The summed E-state index contributed by atoms with van der Waals surface area (Å²) in [7, 11) is 0. The van der Waals surface area contributed by atoms with Gasteiger partial charge in [0.15, 0.2) is 0 Å². The van der Waals surface area contributed by atoms with E-state index in [0.717, 1.165) is 23.9 Å². The zero-order chi connectivity index (χ0) is 16.7. The zero-order valence-corrected chi connectivity index (χ0v) is 14.8. The number of aromatic nitrogens is 2. The van der Waals surface area contributed by atoms with Gasteiger partial charge in [0, 0.05) is 28.8 Å². The van der Waals surface area contributed by atoms with E-state index >= 15 is 0 Å². The van der Waals surface area contributed by atoms with Gasteiger partial charge in [0.05, 0.1) is 5.52 Å². The first-order valence-electron chi connectivity index (χ1n) is 8.45. The lowest BCUT2D eigenvalue weighted by Gasteiger charge is -2.11. The van der Waals surface area contributed by atoms with Gasteiger partial charge in [-0.1, -0.05) is 11.6 Å². The molecule has 0 bridgehead atoms. The van der Waals surface area contributed by atoms with Gasteiger partial charge in [-0.3, -0.25) is 4.98 Å². The fourth-order valence-electron chi connectivity index (χ4n) is 3.24. The minimum Gasteiger partial charge on any atom is -0.487 e. The Morgan fingerprint density at radius 1 is 1.17 bits per heavy atom. The van der Waals surface area contributed by atoms with Gasteiger partial charge in [-0.2, -0.15) is 0 Å². The molecule has 1 saturated carbocycles. The van der Waals surface area contributed by atoms with Crippen LogP contribution in [0.15, 0.2) is 36.5 Å². The summed E-state index contributed by atoms with van der Waals surface area (Å²) in [6, 6.07) is 9.58. The molecule has 0 amide bonds. The molecule has 1 aliphatic rings. The van der Waals surface area contributed by atoms with Gasteiger partial charge in [0.25, 0.3) is 0 Å². The largest absolute Gasteiger partial charge is 0.487 e. The Morgan fingerprint density at radius 2 is 1.92 bits per heavy atom. The lowest BCUT2D eigenvalue weighted by atomic mass is 10.2. The zero-order valence-electron chi connectivity index (χ0n) is 14.1. The van der Waals surface area contributed by atoms with Crippen LogP contribution in [-0.4, -0.2) is 9.55 Å². The fourth-order valence-corrected chi connectivity index (χ4v) is 3.37. The van der Waals surface area contributed by atoms with Crippen LogP contribution in [0.25, 0.3) is 10.9 Å². The second-order valence-electron chi connectivity index (χ2n) is 6.66. The number of fused-ring (bicyclic) bond motifs is 1. The van der Waals surface area contributed by atoms with E-state index in [1.807, 2.05) is 30.5 Å². The molecule has 1 aromatic carbocycles. The second kappa shape index (κ2) is 6.14. The van der Waals surface area contributed by atoms with Crippen molar-refractivity contribution in [3.63, 3.8) is 0 Å². The Bertz CT molecular complexity index is 879. The highest BCUT2D eigenvalue weighted by Gasteiger charge is 2.25. The minimum absolute atomic E-state index is 0.465. The summed E-state index contributed by atoms with van der Waals surface area (Å²) >= 11 is 5.93. The standard InChI is InChI=1S/C20H21ClN2O/c1-13-14(2)23(11-15-3-4-15)20-18(13)9-10-22-19(20)12-24-17-7-5-16(21)6-8-17/h5-10,15H,3-4,11-12H2,1-2H3. The maximum atomic E-state index is 5.95. The normalized spacial score (nSPS) is 14.3. The van der Waals surface area contributed by atoms with Gasteiger partial charge in [-0.15, -0.1) is 0 Å². The summed E-state index contributed by atoms with van der Waals surface area (Å²) in [5.41, 5.74) is 4.92. The van der Waals surface area contributed by atoms with Crippen molar-refractivity contribution in [3.8, 4) is 5.75 Å². The second-order valence-corrected chi connectivity index (χ2v) is 7.10. The summed E-state index contributed by atoms with van der Waals surface area (Å²) in [6.07, 6.45) is 4.57. The van der Waals surface area contributed by atoms with E-state index in [0.29, 0.717) is 11.6 Å². The van der Waals surface area contributed by atoms with E-state index in [2.05, 4.69) is 29.5 Å². The maximum Gasteiger partial charge on any atom is 0.132 e. The smallest absolute Gasteiger partial charge is 0.132 e. The molecule has 0 spiro atoms. The molecule has 0 atom stereocenters. The Labute approximate surface area is 147 Å².